The van der Waals surface area contributed by atoms with Gasteiger partial charge in [-0.3, -0.25) is 4.79 Å². The van der Waals surface area contributed by atoms with Gasteiger partial charge in [0.25, 0.3) is 5.91 Å². The van der Waals surface area contributed by atoms with E-state index in [0.717, 1.165) is 11.6 Å². The summed E-state index contributed by atoms with van der Waals surface area (Å²) in [6.45, 7) is -1.34. The summed E-state index contributed by atoms with van der Waals surface area (Å²) in [5, 5.41) is 2.58. The molecule has 0 fully saturated rings. The number of anilines is 1. The Balaban J connectivity index is 1.67. The van der Waals surface area contributed by atoms with E-state index in [1.165, 1.54) is 36.4 Å². The summed E-state index contributed by atoms with van der Waals surface area (Å²) >= 11 is 5.88. The molecular formula is C20H15ClF3NO4. The van der Waals surface area contributed by atoms with Crippen LogP contribution in [-0.2, 0) is 6.61 Å². The molecule has 0 spiro atoms. The summed E-state index contributed by atoms with van der Waals surface area (Å²) in [7, 11) is 0. The van der Waals surface area contributed by atoms with E-state index in [-0.39, 0.29) is 34.6 Å². The number of carbonyl (C=O) groups is 1. The van der Waals surface area contributed by atoms with Crippen molar-refractivity contribution in [2.75, 3.05) is 5.32 Å². The number of aryl methyl sites for hydroxylation is 1. The molecule has 0 saturated carbocycles. The lowest BCUT2D eigenvalue weighted by Crippen LogP contribution is -2.13. The second-order valence-corrected chi connectivity index (χ2v) is 6.37. The van der Waals surface area contributed by atoms with Crippen LogP contribution < -0.4 is 14.8 Å². The fraction of sp³-hybridized carbons (Fsp3) is 0.150. The standard InChI is InChI=1S/C20H15ClF3NO4/c1-11-2-5-17(29-20(23)24)15(8-11)25-19(26)18-7-4-13(28-18)10-27-16-6-3-12(22)9-14(16)21/h2-9,20H,10H2,1H3,(H,25,26). The molecule has 0 radical (unpaired) electrons. The first-order chi connectivity index (χ1) is 13.8. The van der Waals surface area contributed by atoms with Crippen molar-refractivity contribution < 1.29 is 31.9 Å². The molecule has 152 valence electrons. The number of ether oxygens (including phenoxy) is 2. The summed E-state index contributed by atoms with van der Waals surface area (Å²) in [5.74, 6) is -0.808. The zero-order valence-electron chi connectivity index (χ0n) is 15.0. The highest BCUT2D eigenvalue weighted by molar-refractivity contribution is 6.32. The first-order valence-corrected chi connectivity index (χ1v) is 8.73. The van der Waals surface area contributed by atoms with Gasteiger partial charge in [-0.05, 0) is 55.0 Å². The predicted molar refractivity (Wildman–Crippen MR) is 100 cm³/mol. The Bertz CT molecular complexity index is 1020. The average molecular weight is 426 g/mol. The Hall–Kier alpha value is -3.13. The number of nitrogens with one attached hydrogen (secondary N) is 1. The summed E-state index contributed by atoms with van der Waals surface area (Å²) in [5.41, 5.74) is 0.828. The third-order valence-electron chi connectivity index (χ3n) is 3.75. The molecule has 2 aromatic carbocycles. The molecule has 0 aliphatic carbocycles. The van der Waals surface area contributed by atoms with Crippen LogP contribution in [0.15, 0.2) is 52.9 Å². The van der Waals surface area contributed by atoms with E-state index in [0.29, 0.717) is 5.76 Å². The van der Waals surface area contributed by atoms with Gasteiger partial charge < -0.3 is 19.2 Å². The Morgan fingerprint density at radius 1 is 1.14 bits per heavy atom. The summed E-state index contributed by atoms with van der Waals surface area (Å²) < 4.78 is 53.4. The fourth-order valence-corrected chi connectivity index (χ4v) is 2.66. The van der Waals surface area contributed by atoms with Crippen LogP contribution in [0, 0.1) is 12.7 Å². The van der Waals surface area contributed by atoms with Crippen LogP contribution in [0.2, 0.25) is 5.02 Å². The smallest absolute Gasteiger partial charge is 0.387 e. The molecule has 1 aromatic heterocycles. The molecule has 5 nitrogen and oxygen atoms in total. The number of benzene rings is 2. The third-order valence-corrected chi connectivity index (χ3v) is 4.04. The highest BCUT2D eigenvalue weighted by atomic mass is 35.5. The quantitative estimate of drug-likeness (QED) is 0.518. The Kier molecular flexibility index (Phi) is 6.33. The van der Waals surface area contributed by atoms with E-state index in [1.807, 2.05) is 0 Å². The van der Waals surface area contributed by atoms with Crippen LogP contribution in [0.3, 0.4) is 0 Å². The molecule has 9 heteroatoms. The number of rotatable bonds is 7. The van der Waals surface area contributed by atoms with Gasteiger partial charge in [-0.15, -0.1) is 0 Å². The Morgan fingerprint density at radius 3 is 2.62 bits per heavy atom. The van der Waals surface area contributed by atoms with Gasteiger partial charge >= 0.3 is 6.61 Å². The first kappa shape index (κ1) is 20.6. The van der Waals surface area contributed by atoms with Gasteiger partial charge in [-0.1, -0.05) is 17.7 Å². The molecular weight excluding hydrogens is 411 g/mol. The number of halogens is 4. The van der Waals surface area contributed by atoms with Crippen LogP contribution in [0.1, 0.15) is 21.9 Å². The van der Waals surface area contributed by atoms with E-state index < -0.39 is 18.3 Å². The number of furan rings is 1. The van der Waals surface area contributed by atoms with Crippen molar-refractivity contribution in [2.45, 2.75) is 20.1 Å². The second-order valence-electron chi connectivity index (χ2n) is 5.96. The van der Waals surface area contributed by atoms with Crippen LogP contribution in [0.5, 0.6) is 11.5 Å². The number of carbonyl (C=O) groups excluding carboxylic acids is 1. The van der Waals surface area contributed by atoms with Gasteiger partial charge in [0.05, 0.1) is 10.7 Å². The average Bonchev–Trinajstić information content (AvgIpc) is 3.12. The van der Waals surface area contributed by atoms with Gasteiger partial charge in [0.15, 0.2) is 5.76 Å². The van der Waals surface area contributed by atoms with Crippen molar-refractivity contribution in [3.8, 4) is 11.5 Å². The van der Waals surface area contributed by atoms with Gasteiger partial charge in [-0.25, -0.2) is 4.39 Å². The number of hydrogen-bond acceptors (Lipinski definition) is 4. The molecule has 3 aromatic rings. The van der Waals surface area contributed by atoms with Crippen LogP contribution in [0.25, 0.3) is 0 Å². The van der Waals surface area contributed by atoms with Gasteiger partial charge in [-0.2, -0.15) is 8.78 Å². The number of alkyl halides is 2. The van der Waals surface area contributed by atoms with Gasteiger partial charge in [0, 0.05) is 0 Å². The maximum atomic E-state index is 13.1. The van der Waals surface area contributed by atoms with Crippen LogP contribution >= 0.6 is 11.6 Å². The van der Waals surface area contributed by atoms with Crippen molar-refractivity contribution in [3.05, 3.63) is 76.5 Å². The zero-order chi connectivity index (χ0) is 21.0. The first-order valence-electron chi connectivity index (χ1n) is 8.35. The monoisotopic (exact) mass is 425 g/mol. The summed E-state index contributed by atoms with van der Waals surface area (Å²) in [6, 6.07) is 11.0. The van der Waals surface area contributed by atoms with Gasteiger partial charge in [0.2, 0.25) is 0 Å². The minimum Gasteiger partial charge on any atom is -0.484 e. The lowest BCUT2D eigenvalue weighted by Gasteiger charge is -2.12. The zero-order valence-corrected chi connectivity index (χ0v) is 15.8. The molecule has 0 bridgehead atoms. The SMILES string of the molecule is Cc1ccc(OC(F)F)c(NC(=O)c2ccc(COc3ccc(F)cc3Cl)o2)c1. The molecule has 1 N–H and O–H groups in total. The van der Waals surface area contributed by atoms with Crippen molar-refractivity contribution in [3.63, 3.8) is 0 Å². The highest BCUT2D eigenvalue weighted by Gasteiger charge is 2.16. The molecule has 3 rings (SSSR count). The molecule has 0 saturated heterocycles. The molecule has 0 atom stereocenters. The maximum absolute atomic E-state index is 13.1. The highest BCUT2D eigenvalue weighted by Crippen LogP contribution is 2.28. The van der Waals surface area contributed by atoms with Gasteiger partial charge in [0.1, 0.15) is 29.7 Å². The third kappa shape index (κ3) is 5.45. The van der Waals surface area contributed by atoms with E-state index in [9.17, 15) is 18.0 Å². The molecule has 0 unspecified atom stereocenters. The van der Waals surface area contributed by atoms with E-state index >= 15 is 0 Å². The molecule has 0 aliphatic heterocycles. The minimum atomic E-state index is -3.03. The number of hydrogen-bond donors (Lipinski definition) is 1. The second kappa shape index (κ2) is 8.91. The fourth-order valence-electron chi connectivity index (χ4n) is 2.44. The minimum absolute atomic E-state index is 0.0528. The summed E-state index contributed by atoms with van der Waals surface area (Å²) in [4.78, 5) is 12.4. The number of amides is 1. The summed E-state index contributed by atoms with van der Waals surface area (Å²) in [6.07, 6.45) is 0. The normalized spacial score (nSPS) is 10.8. The largest absolute Gasteiger partial charge is 0.484 e. The van der Waals surface area contributed by atoms with E-state index in [4.69, 9.17) is 20.8 Å². The lowest BCUT2D eigenvalue weighted by atomic mass is 10.2. The van der Waals surface area contributed by atoms with Crippen molar-refractivity contribution in [1.82, 2.24) is 0 Å². The molecule has 0 aliphatic rings. The van der Waals surface area contributed by atoms with Crippen molar-refractivity contribution in [2.24, 2.45) is 0 Å². The van der Waals surface area contributed by atoms with Crippen LogP contribution in [0.4, 0.5) is 18.9 Å². The predicted octanol–water partition coefficient (Wildman–Crippen LogP) is 5.81. The Labute approximate surface area is 169 Å². The Morgan fingerprint density at radius 2 is 1.90 bits per heavy atom. The molecule has 1 heterocycles. The van der Waals surface area contributed by atoms with Crippen molar-refractivity contribution >= 4 is 23.2 Å². The van der Waals surface area contributed by atoms with Crippen molar-refractivity contribution in [1.29, 1.82) is 0 Å². The topological polar surface area (TPSA) is 60.7 Å². The maximum Gasteiger partial charge on any atom is 0.387 e. The van der Waals surface area contributed by atoms with Crippen LogP contribution in [-0.4, -0.2) is 12.5 Å². The van der Waals surface area contributed by atoms with E-state index in [1.54, 1.807) is 13.0 Å². The molecule has 1 amide bonds. The lowest BCUT2D eigenvalue weighted by molar-refractivity contribution is -0.0493. The molecule has 29 heavy (non-hydrogen) atoms. The van der Waals surface area contributed by atoms with E-state index in [2.05, 4.69) is 10.1 Å².